The van der Waals surface area contributed by atoms with Crippen molar-refractivity contribution in [3.63, 3.8) is 0 Å². The predicted octanol–water partition coefficient (Wildman–Crippen LogP) is 4.24. The van der Waals surface area contributed by atoms with Crippen LogP contribution in [0.5, 0.6) is 0 Å². The molecule has 0 fully saturated rings. The smallest absolute Gasteiger partial charge is 0.317 e. The SMILES string of the molecule is Cc1ccsc1CN(C)C(=O)NCc1cccc(NC(=O)c2ccco2)c1. The fourth-order valence-electron chi connectivity index (χ4n) is 2.53. The van der Waals surface area contributed by atoms with Crippen LogP contribution in [-0.4, -0.2) is 23.9 Å². The molecule has 0 aliphatic heterocycles. The van der Waals surface area contributed by atoms with E-state index in [2.05, 4.69) is 10.6 Å². The van der Waals surface area contributed by atoms with Gasteiger partial charge in [-0.15, -0.1) is 11.3 Å². The number of furan rings is 1. The Balaban J connectivity index is 1.54. The molecule has 3 amide bonds. The molecule has 0 aliphatic carbocycles. The van der Waals surface area contributed by atoms with Crippen molar-refractivity contribution < 1.29 is 14.0 Å². The van der Waals surface area contributed by atoms with Crippen LogP contribution in [0.15, 0.2) is 58.5 Å². The maximum atomic E-state index is 12.3. The lowest BCUT2D eigenvalue weighted by atomic mass is 10.2. The van der Waals surface area contributed by atoms with Gasteiger partial charge in [0.15, 0.2) is 5.76 Å². The Morgan fingerprint density at radius 3 is 2.74 bits per heavy atom. The Morgan fingerprint density at radius 2 is 2.04 bits per heavy atom. The van der Waals surface area contributed by atoms with Gasteiger partial charge in [0.05, 0.1) is 12.8 Å². The number of aryl methyl sites for hydroxylation is 1. The van der Waals surface area contributed by atoms with Gasteiger partial charge in [-0.05, 0) is 53.8 Å². The minimum absolute atomic E-state index is 0.146. The molecule has 2 aromatic heterocycles. The monoisotopic (exact) mass is 383 g/mol. The van der Waals surface area contributed by atoms with Crippen molar-refractivity contribution >= 4 is 29.0 Å². The fraction of sp³-hybridized carbons (Fsp3) is 0.200. The number of rotatable bonds is 6. The second-order valence-corrected chi connectivity index (χ2v) is 7.17. The van der Waals surface area contributed by atoms with Crippen molar-refractivity contribution in [1.82, 2.24) is 10.2 Å². The maximum absolute atomic E-state index is 12.3. The Bertz CT molecular complexity index is 918. The van der Waals surface area contributed by atoms with Crippen LogP contribution in [0, 0.1) is 6.92 Å². The van der Waals surface area contributed by atoms with Crippen LogP contribution in [0.4, 0.5) is 10.5 Å². The number of anilines is 1. The Kier molecular flexibility index (Phi) is 5.93. The van der Waals surface area contributed by atoms with Gasteiger partial charge in [-0.2, -0.15) is 0 Å². The zero-order chi connectivity index (χ0) is 19.2. The van der Waals surface area contributed by atoms with E-state index in [-0.39, 0.29) is 17.7 Å². The molecule has 0 saturated heterocycles. The second kappa shape index (κ2) is 8.55. The molecule has 0 aliphatic rings. The summed E-state index contributed by atoms with van der Waals surface area (Å²) in [6.07, 6.45) is 1.45. The lowest BCUT2D eigenvalue weighted by Gasteiger charge is -2.18. The van der Waals surface area contributed by atoms with E-state index >= 15 is 0 Å². The van der Waals surface area contributed by atoms with Crippen LogP contribution in [0.3, 0.4) is 0 Å². The number of amides is 3. The summed E-state index contributed by atoms with van der Waals surface area (Å²) < 4.78 is 5.08. The van der Waals surface area contributed by atoms with E-state index in [9.17, 15) is 9.59 Å². The van der Waals surface area contributed by atoms with Crippen molar-refractivity contribution in [3.8, 4) is 0 Å². The molecule has 27 heavy (non-hydrogen) atoms. The van der Waals surface area contributed by atoms with Gasteiger partial charge in [0.25, 0.3) is 5.91 Å². The number of carbonyl (C=O) groups excluding carboxylic acids is 2. The molecule has 3 aromatic rings. The molecule has 0 spiro atoms. The number of urea groups is 1. The first-order chi connectivity index (χ1) is 13.0. The van der Waals surface area contributed by atoms with Gasteiger partial charge in [0.1, 0.15) is 0 Å². The van der Waals surface area contributed by atoms with Crippen molar-refractivity contribution in [1.29, 1.82) is 0 Å². The van der Waals surface area contributed by atoms with Crippen LogP contribution >= 0.6 is 11.3 Å². The molecular weight excluding hydrogens is 362 g/mol. The number of thiophene rings is 1. The molecule has 0 atom stereocenters. The lowest BCUT2D eigenvalue weighted by Crippen LogP contribution is -2.36. The quantitative estimate of drug-likeness (QED) is 0.668. The average molecular weight is 383 g/mol. The Labute approximate surface area is 161 Å². The van der Waals surface area contributed by atoms with E-state index in [1.54, 1.807) is 41.5 Å². The predicted molar refractivity (Wildman–Crippen MR) is 106 cm³/mol. The molecule has 0 bridgehead atoms. The molecule has 7 heteroatoms. The topological polar surface area (TPSA) is 74.6 Å². The first kappa shape index (κ1) is 18.7. The molecule has 0 radical (unpaired) electrons. The summed E-state index contributed by atoms with van der Waals surface area (Å²) in [5, 5.41) is 7.70. The molecule has 0 saturated carbocycles. The van der Waals surface area contributed by atoms with Gasteiger partial charge < -0.3 is 20.0 Å². The summed E-state index contributed by atoms with van der Waals surface area (Å²) in [4.78, 5) is 27.2. The zero-order valence-electron chi connectivity index (χ0n) is 15.2. The van der Waals surface area contributed by atoms with Crippen LogP contribution < -0.4 is 10.6 Å². The first-order valence-corrected chi connectivity index (χ1v) is 9.36. The van der Waals surface area contributed by atoms with E-state index in [0.717, 1.165) is 5.56 Å². The van der Waals surface area contributed by atoms with E-state index in [4.69, 9.17) is 4.42 Å². The van der Waals surface area contributed by atoms with E-state index in [1.165, 1.54) is 16.7 Å². The standard InChI is InChI=1S/C20H21N3O3S/c1-14-8-10-27-18(14)13-23(2)20(25)21-12-15-5-3-6-16(11-15)22-19(24)17-7-4-9-26-17/h3-11H,12-13H2,1-2H3,(H,21,25)(H,22,24). The highest BCUT2D eigenvalue weighted by atomic mass is 32.1. The molecule has 6 nitrogen and oxygen atoms in total. The molecule has 140 valence electrons. The van der Waals surface area contributed by atoms with Crippen molar-refractivity contribution in [2.45, 2.75) is 20.0 Å². The average Bonchev–Trinajstić information content (AvgIpc) is 3.32. The van der Waals surface area contributed by atoms with Crippen LogP contribution in [-0.2, 0) is 13.1 Å². The maximum Gasteiger partial charge on any atom is 0.317 e. The van der Waals surface area contributed by atoms with Crippen LogP contribution in [0.1, 0.15) is 26.6 Å². The molecular formula is C20H21N3O3S. The summed E-state index contributed by atoms with van der Waals surface area (Å²) >= 11 is 1.65. The van der Waals surface area contributed by atoms with E-state index < -0.39 is 0 Å². The third-order valence-electron chi connectivity index (χ3n) is 4.07. The highest BCUT2D eigenvalue weighted by Gasteiger charge is 2.12. The number of nitrogens with one attached hydrogen (secondary N) is 2. The highest BCUT2D eigenvalue weighted by molar-refractivity contribution is 7.10. The summed E-state index contributed by atoms with van der Waals surface area (Å²) in [7, 11) is 1.77. The van der Waals surface area contributed by atoms with Gasteiger partial charge in [0.2, 0.25) is 0 Å². The Morgan fingerprint density at radius 1 is 1.19 bits per heavy atom. The summed E-state index contributed by atoms with van der Waals surface area (Å²) in [6, 6.07) is 12.5. The molecule has 1 aromatic carbocycles. The Hall–Kier alpha value is -3.06. The van der Waals surface area contributed by atoms with Crippen LogP contribution in [0.2, 0.25) is 0 Å². The first-order valence-electron chi connectivity index (χ1n) is 8.48. The molecule has 2 N–H and O–H groups in total. The van der Waals surface area contributed by atoms with Gasteiger partial charge in [-0.25, -0.2) is 4.79 Å². The van der Waals surface area contributed by atoms with Gasteiger partial charge >= 0.3 is 6.03 Å². The number of benzene rings is 1. The highest BCUT2D eigenvalue weighted by Crippen LogP contribution is 2.17. The van der Waals surface area contributed by atoms with Crippen LogP contribution in [0.25, 0.3) is 0 Å². The number of carbonyl (C=O) groups is 2. The van der Waals surface area contributed by atoms with Gasteiger partial charge in [0, 0.05) is 24.2 Å². The van der Waals surface area contributed by atoms with Crippen molar-refractivity contribution in [3.05, 3.63) is 75.9 Å². The molecule has 3 rings (SSSR count). The van der Waals surface area contributed by atoms with Gasteiger partial charge in [-0.1, -0.05) is 12.1 Å². The zero-order valence-corrected chi connectivity index (χ0v) is 16.0. The number of hydrogen-bond acceptors (Lipinski definition) is 4. The fourth-order valence-corrected chi connectivity index (χ4v) is 3.48. The summed E-state index contributed by atoms with van der Waals surface area (Å²) in [6.45, 7) is 2.99. The summed E-state index contributed by atoms with van der Waals surface area (Å²) in [5.41, 5.74) is 2.73. The lowest BCUT2D eigenvalue weighted by molar-refractivity contribution is 0.0996. The minimum atomic E-state index is -0.313. The minimum Gasteiger partial charge on any atom is -0.459 e. The van der Waals surface area contributed by atoms with Gasteiger partial charge in [-0.3, -0.25) is 4.79 Å². The normalized spacial score (nSPS) is 10.4. The second-order valence-electron chi connectivity index (χ2n) is 6.17. The van der Waals surface area contributed by atoms with Crippen molar-refractivity contribution in [2.75, 3.05) is 12.4 Å². The van der Waals surface area contributed by atoms with Crippen molar-refractivity contribution in [2.24, 2.45) is 0 Å². The number of hydrogen-bond donors (Lipinski definition) is 2. The van der Waals surface area contributed by atoms with E-state index in [1.807, 2.05) is 36.6 Å². The third-order valence-corrected chi connectivity index (χ3v) is 5.08. The van der Waals surface area contributed by atoms with E-state index in [0.29, 0.717) is 18.8 Å². The third kappa shape index (κ3) is 4.98. The number of nitrogens with zero attached hydrogens (tertiary/aromatic N) is 1. The largest absolute Gasteiger partial charge is 0.459 e. The summed E-state index contributed by atoms with van der Waals surface area (Å²) in [5.74, 6) is -0.0635. The molecule has 0 unspecified atom stereocenters. The molecule has 2 heterocycles.